The summed E-state index contributed by atoms with van der Waals surface area (Å²) in [7, 11) is 0. The van der Waals surface area contributed by atoms with Gasteiger partial charge in [0.1, 0.15) is 0 Å². The monoisotopic (exact) mass is 331 g/mol. The lowest BCUT2D eigenvalue weighted by Gasteiger charge is -2.44. The lowest BCUT2D eigenvalue weighted by Crippen LogP contribution is -2.57. The van der Waals surface area contributed by atoms with E-state index in [9.17, 15) is 4.79 Å². The van der Waals surface area contributed by atoms with Gasteiger partial charge < -0.3 is 20.3 Å². The van der Waals surface area contributed by atoms with Crippen LogP contribution in [0.3, 0.4) is 0 Å². The number of carbonyl (C=O) groups excluding carboxylic acids is 1. The van der Waals surface area contributed by atoms with Gasteiger partial charge in [-0.15, -0.1) is 23.7 Å². The quantitative estimate of drug-likeness (QED) is 0.869. The van der Waals surface area contributed by atoms with Gasteiger partial charge in [0.15, 0.2) is 0 Å². The summed E-state index contributed by atoms with van der Waals surface area (Å²) < 4.78 is 5.93. The molecule has 7 heteroatoms. The first kappa shape index (κ1) is 16.5. The number of ether oxygens (including phenoxy) is 1. The lowest BCUT2D eigenvalue weighted by atomic mass is 9.90. The number of hydrogen-bond donors (Lipinski definition) is 2. The fourth-order valence-corrected chi connectivity index (χ4v) is 3.48. The van der Waals surface area contributed by atoms with E-state index in [0.29, 0.717) is 6.54 Å². The molecule has 21 heavy (non-hydrogen) atoms. The fourth-order valence-electron chi connectivity index (χ4n) is 2.83. The number of nitrogens with zero attached hydrogens (tertiary/aromatic N) is 1. The minimum Gasteiger partial charge on any atom is -0.372 e. The number of likely N-dealkylation sites (tertiary alicyclic amines) is 1. The second-order valence-electron chi connectivity index (χ2n) is 5.43. The Morgan fingerprint density at radius 2 is 2.29 bits per heavy atom. The summed E-state index contributed by atoms with van der Waals surface area (Å²) >= 11 is 1.67. The Balaban J connectivity index is 0.00000161. The first-order chi connectivity index (χ1) is 9.77. The maximum atomic E-state index is 12.1. The highest BCUT2D eigenvalue weighted by Crippen LogP contribution is 2.27. The molecule has 0 saturated carbocycles. The molecule has 1 aromatic rings. The van der Waals surface area contributed by atoms with Crippen LogP contribution in [-0.4, -0.2) is 49.3 Å². The summed E-state index contributed by atoms with van der Waals surface area (Å²) in [5, 5.41) is 8.40. The molecule has 0 bridgehead atoms. The van der Waals surface area contributed by atoms with E-state index in [-0.39, 0.29) is 24.0 Å². The second kappa shape index (κ2) is 7.45. The summed E-state index contributed by atoms with van der Waals surface area (Å²) in [6.45, 7) is 4.81. The number of urea groups is 1. The van der Waals surface area contributed by atoms with Gasteiger partial charge in [-0.05, 0) is 24.3 Å². The van der Waals surface area contributed by atoms with Gasteiger partial charge >= 0.3 is 6.03 Å². The number of rotatable bonds is 2. The van der Waals surface area contributed by atoms with E-state index in [1.54, 1.807) is 11.3 Å². The smallest absolute Gasteiger partial charge is 0.317 e. The van der Waals surface area contributed by atoms with E-state index >= 15 is 0 Å². The number of amides is 2. The topological polar surface area (TPSA) is 53.6 Å². The summed E-state index contributed by atoms with van der Waals surface area (Å²) in [6.07, 6.45) is 1.85. The van der Waals surface area contributed by atoms with Crippen LogP contribution >= 0.6 is 23.7 Å². The van der Waals surface area contributed by atoms with Gasteiger partial charge in [0.25, 0.3) is 0 Å². The number of nitrogens with one attached hydrogen (secondary N) is 2. The summed E-state index contributed by atoms with van der Waals surface area (Å²) in [5.41, 5.74) is -0.0389. The molecular formula is C14H22ClN3O2S. The Labute approximate surface area is 135 Å². The number of hydrogen-bond acceptors (Lipinski definition) is 4. The van der Waals surface area contributed by atoms with E-state index in [1.165, 1.54) is 4.88 Å². The van der Waals surface area contributed by atoms with Gasteiger partial charge in [-0.2, -0.15) is 0 Å². The molecule has 118 valence electrons. The molecule has 0 aliphatic carbocycles. The van der Waals surface area contributed by atoms with E-state index in [2.05, 4.69) is 10.6 Å². The molecule has 2 N–H and O–H groups in total. The van der Waals surface area contributed by atoms with Crippen LogP contribution < -0.4 is 10.6 Å². The molecule has 0 aromatic carbocycles. The molecule has 0 atom stereocenters. The molecule has 3 heterocycles. The molecule has 3 rings (SSSR count). The number of morpholine rings is 1. The van der Waals surface area contributed by atoms with E-state index < -0.39 is 0 Å². The summed E-state index contributed by atoms with van der Waals surface area (Å²) in [5.74, 6) is 0. The molecule has 2 saturated heterocycles. The highest BCUT2D eigenvalue weighted by Gasteiger charge is 2.38. The third-order valence-electron chi connectivity index (χ3n) is 4.09. The van der Waals surface area contributed by atoms with Crippen molar-refractivity contribution in [1.82, 2.24) is 15.5 Å². The van der Waals surface area contributed by atoms with Gasteiger partial charge in [-0.3, -0.25) is 0 Å². The Hall–Kier alpha value is -0.820. The maximum absolute atomic E-state index is 12.1. The van der Waals surface area contributed by atoms with E-state index in [0.717, 1.165) is 45.6 Å². The van der Waals surface area contributed by atoms with Crippen molar-refractivity contribution in [3.63, 3.8) is 0 Å². The zero-order chi connectivity index (χ0) is 13.8. The Kier molecular flexibility index (Phi) is 5.87. The average molecular weight is 332 g/mol. The van der Waals surface area contributed by atoms with Crippen LogP contribution in [0.25, 0.3) is 0 Å². The molecule has 1 spiro atoms. The Morgan fingerprint density at radius 3 is 2.90 bits per heavy atom. The SMILES string of the molecule is Cl.O=C(NCc1cccs1)N1CCC2(CC1)CNCCO2. The van der Waals surface area contributed by atoms with Crippen molar-refractivity contribution in [2.75, 3.05) is 32.8 Å². The largest absolute Gasteiger partial charge is 0.372 e. The van der Waals surface area contributed by atoms with Crippen LogP contribution in [0.15, 0.2) is 17.5 Å². The van der Waals surface area contributed by atoms with Crippen LogP contribution in [-0.2, 0) is 11.3 Å². The first-order valence-corrected chi connectivity index (χ1v) is 8.05. The molecule has 2 aliphatic heterocycles. The molecule has 2 aliphatic rings. The number of thiophene rings is 1. The molecular weight excluding hydrogens is 310 g/mol. The van der Waals surface area contributed by atoms with Crippen molar-refractivity contribution in [3.8, 4) is 0 Å². The van der Waals surface area contributed by atoms with Crippen LogP contribution in [0, 0.1) is 0 Å². The highest BCUT2D eigenvalue weighted by molar-refractivity contribution is 7.09. The van der Waals surface area contributed by atoms with Crippen molar-refractivity contribution >= 4 is 29.8 Å². The first-order valence-electron chi connectivity index (χ1n) is 7.17. The number of piperidine rings is 1. The third kappa shape index (κ3) is 4.10. The van der Waals surface area contributed by atoms with E-state index in [1.807, 2.05) is 22.4 Å². The van der Waals surface area contributed by atoms with Gasteiger partial charge in [0.2, 0.25) is 0 Å². The third-order valence-corrected chi connectivity index (χ3v) is 4.97. The van der Waals surface area contributed by atoms with Gasteiger partial charge in [-0.25, -0.2) is 4.79 Å². The van der Waals surface area contributed by atoms with Crippen molar-refractivity contribution in [3.05, 3.63) is 22.4 Å². The fraction of sp³-hybridized carbons (Fsp3) is 0.643. The molecule has 1 aromatic heterocycles. The van der Waals surface area contributed by atoms with Crippen molar-refractivity contribution in [2.24, 2.45) is 0 Å². The Bertz CT molecular complexity index is 439. The Morgan fingerprint density at radius 1 is 1.48 bits per heavy atom. The normalized spacial score (nSPS) is 20.9. The predicted molar refractivity (Wildman–Crippen MR) is 86.2 cm³/mol. The number of carbonyl (C=O) groups is 1. The van der Waals surface area contributed by atoms with Crippen molar-refractivity contribution < 1.29 is 9.53 Å². The molecule has 5 nitrogen and oxygen atoms in total. The zero-order valence-corrected chi connectivity index (χ0v) is 13.6. The minimum absolute atomic E-state index is 0. The average Bonchev–Trinajstić information content (AvgIpc) is 3.00. The molecule has 2 amide bonds. The standard InChI is InChI=1S/C14H21N3O2S.ClH/c18-13(16-10-12-2-1-9-20-12)17-6-3-14(4-7-17)11-15-5-8-19-14;/h1-2,9,15H,3-8,10-11H2,(H,16,18);1H. The van der Waals surface area contributed by atoms with E-state index in [4.69, 9.17) is 4.74 Å². The second-order valence-corrected chi connectivity index (χ2v) is 6.47. The van der Waals surface area contributed by atoms with Gasteiger partial charge in [0, 0.05) is 31.1 Å². The van der Waals surface area contributed by atoms with Crippen LogP contribution in [0.5, 0.6) is 0 Å². The summed E-state index contributed by atoms with van der Waals surface area (Å²) in [6, 6.07) is 4.08. The summed E-state index contributed by atoms with van der Waals surface area (Å²) in [4.78, 5) is 15.2. The van der Waals surface area contributed by atoms with Crippen molar-refractivity contribution in [2.45, 2.75) is 25.0 Å². The lowest BCUT2D eigenvalue weighted by molar-refractivity contribution is -0.0946. The molecule has 0 unspecified atom stereocenters. The predicted octanol–water partition coefficient (Wildman–Crippen LogP) is 1.83. The minimum atomic E-state index is -0.0389. The van der Waals surface area contributed by atoms with Crippen LogP contribution in [0.1, 0.15) is 17.7 Å². The van der Waals surface area contributed by atoms with Crippen molar-refractivity contribution in [1.29, 1.82) is 0 Å². The zero-order valence-electron chi connectivity index (χ0n) is 12.0. The number of halogens is 1. The highest BCUT2D eigenvalue weighted by atomic mass is 35.5. The van der Waals surface area contributed by atoms with Gasteiger partial charge in [-0.1, -0.05) is 6.07 Å². The maximum Gasteiger partial charge on any atom is 0.317 e. The van der Waals surface area contributed by atoms with Gasteiger partial charge in [0.05, 0.1) is 18.8 Å². The van der Waals surface area contributed by atoms with Crippen LogP contribution in [0.2, 0.25) is 0 Å². The molecule has 2 fully saturated rings. The van der Waals surface area contributed by atoms with Crippen LogP contribution in [0.4, 0.5) is 4.79 Å². The molecule has 0 radical (unpaired) electrons.